The number of sulfone groups is 1. The lowest BCUT2D eigenvalue weighted by Gasteiger charge is -2.12. The Labute approximate surface area is 174 Å². The molecule has 0 aliphatic carbocycles. The van der Waals surface area contributed by atoms with E-state index in [1.807, 2.05) is 48.9 Å². The number of rotatable bonds is 4. The first-order valence-electron chi connectivity index (χ1n) is 9.22. The van der Waals surface area contributed by atoms with Gasteiger partial charge in [0.15, 0.2) is 9.84 Å². The van der Waals surface area contributed by atoms with Gasteiger partial charge >= 0.3 is 0 Å². The highest BCUT2D eigenvalue weighted by molar-refractivity contribution is 7.91. The summed E-state index contributed by atoms with van der Waals surface area (Å²) in [6, 6.07) is 14.7. The molecule has 2 heterocycles. The third-order valence-electron chi connectivity index (χ3n) is 5.02. The van der Waals surface area contributed by atoms with E-state index in [4.69, 9.17) is 16.6 Å². The fourth-order valence-corrected chi connectivity index (χ4v) is 4.61. The Balaban J connectivity index is 1.96. The Morgan fingerprint density at radius 1 is 1.03 bits per heavy atom. The van der Waals surface area contributed by atoms with Crippen molar-refractivity contribution in [2.45, 2.75) is 18.7 Å². The van der Waals surface area contributed by atoms with Gasteiger partial charge in [-0.25, -0.2) is 13.4 Å². The maximum Gasteiger partial charge on any atom is 0.178 e. The second-order valence-electron chi connectivity index (χ2n) is 6.93. The Bertz CT molecular complexity index is 1330. The highest BCUT2D eigenvalue weighted by atomic mass is 35.5. The van der Waals surface area contributed by atoms with E-state index in [1.165, 1.54) is 0 Å². The molecule has 0 bridgehead atoms. The van der Waals surface area contributed by atoms with Gasteiger partial charge < -0.3 is 4.57 Å². The van der Waals surface area contributed by atoms with Crippen molar-refractivity contribution < 1.29 is 8.42 Å². The van der Waals surface area contributed by atoms with Crippen LogP contribution >= 0.6 is 11.6 Å². The first kappa shape index (κ1) is 19.6. The summed E-state index contributed by atoms with van der Waals surface area (Å²) in [4.78, 5) is 9.31. The molecule has 29 heavy (non-hydrogen) atoms. The van der Waals surface area contributed by atoms with Crippen LogP contribution in [0.1, 0.15) is 12.6 Å². The SMILES string of the molecule is CCS(=O)(=O)c1cc(-c2ccc(Cl)cc2)ccc1-c1nc2cc(C)ncc2n1C. The molecule has 0 amide bonds. The van der Waals surface area contributed by atoms with Gasteiger partial charge in [-0.15, -0.1) is 0 Å². The van der Waals surface area contributed by atoms with Crippen LogP contribution in [0.5, 0.6) is 0 Å². The Kier molecular flexibility index (Phi) is 4.92. The fourth-order valence-electron chi connectivity index (χ4n) is 3.37. The van der Waals surface area contributed by atoms with Crippen LogP contribution < -0.4 is 0 Å². The first-order chi connectivity index (χ1) is 13.8. The lowest BCUT2D eigenvalue weighted by atomic mass is 10.0. The average Bonchev–Trinajstić information content (AvgIpc) is 3.03. The largest absolute Gasteiger partial charge is 0.326 e. The lowest BCUT2D eigenvalue weighted by molar-refractivity contribution is 0.597. The van der Waals surface area contributed by atoms with E-state index < -0.39 is 9.84 Å². The molecule has 0 aliphatic rings. The van der Waals surface area contributed by atoms with Crippen LogP contribution in [0.25, 0.3) is 33.5 Å². The summed E-state index contributed by atoms with van der Waals surface area (Å²) in [6.07, 6.45) is 1.76. The molecule has 0 saturated carbocycles. The van der Waals surface area contributed by atoms with Gasteiger partial charge in [-0.2, -0.15) is 0 Å². The number of halogens is 1. The van der Waals surface area contributed by atoms with Crippen LogP contribution in [0.15, 0.2) is 59.6 Å². The minimum Gasteiger partial charge on any atom is -0.326 e. The fraction of sp³-hybridized carbons (Fsp3) is 0.182. The number of benzene rings is 2. The number of fused-ring (bicyclic) bond motifs is 1. The number of pyridine rings is 1. The van der Waals surface area contributed by atoms with E-state index in [0.29, 0.717) is 16.4 Å². The molecule has 0 fully saturated rings. The quantitative estimate of drug-likeness (QED) is 0.458. The van der Waals surface area contributed by atoms with Gasteiger partial charge in [-0.05, 0) is 48.4 Å². The molecule has 0 N–H and O–H groups in total. The molecule has 148 valence electrons. The first-order valence-corrected chi connectivity index (χ1v) is 11.3. The smallest absolute Gasteiger partial charge is 0.178 e. The zero-order valence-electron chi connectivity index (χ0n) is 16.3. The van der Waals surface area contributed by atoms with Crippen molar-refractivity contribution >= 4 is 32.5 Å². The number of hydrogen-bond acceptors (Lipinski definition) is 4. The van der Waals surface area contributed by atoms with Crippen molar-refractivity contribution in [1.82, 2.24) is 14.5 Å². The standard InChI is InChI=1S/C22H20ClN3O2S/c1-4-29(27,28)21-12-16(15-5-8-17(23)9-6-15)7-10-18(21)22-25-19-11-14(2)24-13-20(19)26(22)3/h5-13H,4H2,1-3H3. The Hall–Kier alpha value is -2.70. The molecule has 0 saturated heterocycles. The van der Waals surface area contributed by atoms with Crippen molar-refractivity contribution in [2.75, 3.05) is 5.75 Å². The molecule has 7 heteroatoms. The van der Waals surface area contributed by atoms with Crippen LogP contribution in [-0.2, 0) is 16.9 Å². The lowest BCUT2D eigenvalue weighted by Crippen LogP contribution is -2.07. The van der Waals surface area contributed by atoms with E-state index >= 15 is 0 Å². The molecule has 0 spiro atoms. The van der Waals surface area contributed by atoms with Crippen LogP contribution in [0, 0.1) is 6.92 Å². The van der Waals surface area contributed by atoms with Crippen molar-refractivity contribution in [1.29, 1.82) is 0 Å². The number of aryl methyl sites for hydroxylation is 2. The number of aromatic nitrogens is 3. The Morgan fingerprint density at radius 2 is 1.72 bits per heavy atom. The normalized spacial score (nSPS) is 11.9. The summed E-state index contributed by atoms with van der Waals surface area (Å²) < 4.78 is 27.8. The van der Waals surface area contributed by atoms with E-state index in [9.17, 15) is 8.42 Å². The molecule has 4 rings (SSSR count). The van der Waals surface area contributed by atoms with E-state index in [-0.39, 0.29) is 10.6 Å². The Morgan fingerprint density at radius 3 is 2.41 bits per heavy atom. The van der Waals surface area contributed by atoms with Crippen molar-refractivity contribution in [2.24, 2.45) is 7.05 Å². The molecule has 2 aromatic carbocycles. The zero-order valence-corrected chi connectivity index (χ0v) is 17.9. The predicted octanol–water partition coefficient (Wildman–Crippen LogP) is 5.06. The van der Waals surface area contributed by atoms with Gasteiger partial charge in [0.25, 0.3) is 0 Å². The second-order valence-corrected chi connectivity index (χ2v) is 9.61. The van der Waals surface area contributed by atoms with Gasteiger partial charge in [0.05, 0.1) is 27.9 Å². The second kappa shape index (κ2) is 7.28. The van der Waals surface area contributed by atoms with Gasteiger partial charge in [0, 0.05) is 23.3 Å². The predicted molar refractivity (Wildman–Crippen MR) is 117 cm³/mol. The average molecular weight is 426 g/mol. The summed E-state index contributed by atoms with van der Waals surface area (Å²) in [5.41, 5.74) is 4.80. The third kappa shape index (κ3) is 3.54. The molecule has 4 aromatic rings. The van der Waals surface area contributed by atoms with Gasteiger partial charge in [0.2, 0.25) is 0 Å². The minimum absolute atomic E-state index is 0.00861. The number of imidazole rings is 1. The molecule has 0 unspecified atom stereocenters. The summed E-state index contributed by atoms with van der Waals surface area (Å²) in [5, 5.41) is 0.635. The monoisotopic (exact) mass is 425 g/mol. The maximum atomic E-state index is 12.9. The summed E-state index contributed by atoms with van der Waals surface area (Å²) >= 11 is 5.99. The summed E-state index contributed by atoms with van der Waals surface area (Å²) in [5.74, 6) is 0.608. The van der Waals surface area contributed by atoms with Crippen molar-refractivity contribution in [3.05, 3.63) is 65.4 Å². The number of hydrogen-bond donors (Lipinski definition) is 0. The van der Waals surface area contributed by atoms with Crippen molar-refractivity contribution in [3.8, 4) is 22.5 Å². The van der Waals surface area contributed by atoms with E-state index in [1.54, 1.807) is 31.3 Å². The number of nitrogens with zero attached hydrogens (tertiary/aromatic N) is 3. The van der Waals surface area contributed by atoms with Crippen molar-refractivity contribution in [3.63, 3.8) is 0 Å². The van der Waals surface area contributed by atoms with E-state index in [0.717, 1.165) is 27.9 Å². The zero-order chi connectivity index (χ0) is 20.8. The minimum atomic E-state index is -3.47. The van der Waals surface area contributed by atoms with Gasteiger partial charge in [-0.1, -0.05) is 36.7 Å². The molecule has 5 nitrogen and oxygen atoms in total. The van der Waals surface area contributed by atoms with Gasteiger partial charge in [-0.3, -0.25) is 4.98 Å². The van der Waals surface area contributed by atoms with Gasteiger partial charge in [0.1, 0.15) is 5.82 Å². The highest BCUT2D eigenvalue weighted by Gasteiger charge is 2.22. The van der Waals surface area contributed by atoms with E-state index in [2.05, 4.69) is 4.98 Å². The molecule has 0 aliphatic heterocycles. The van der Waals surface area contributed by atoms with Crippen LogP contribution in [0.4, 0.5) is 0 Å². The van der Waals surface area contributed by atoms with Crippen LogP contribution in [0.3, 0.4) is 0 Å². The van der Waals surface area contributed by atoms with Crippen LogP contribution in [-0.4, -0.2) is 28.7 Å². The summed E-state index contributed by atoms with van der Waals surface area (Å²) in [7, 11) is -1.60. The third-order valence-corrected chi connectivity index (χ3v) is 7.04. The summed E-state index contributed by atoms with van der Waals surface area (Å²) in [6.45, 7) is 3.55. The maximum absolute atomic E-state index is 12.9. The molecule has 2 aromatic heterocycles. The molecule has 0 radical (unpaired) electrons. The topological polar surface area (TPSA) is 64.8 Å². The molecular weight excluding hydrogens is 406 g/mol. The molecule has 0 atom stereocenters. The van der Waals surface area contributed by atoms with Crippen LogP contribution in [0.2, 0.25) is 5.02 Å². The molecular formula is C22H20ClN3O2S. The highest BCUT2D eigenvalue weighted by Crippen LogP contribution is 2.33.